The Kier molecular flexibility index (Phi) is 8.15. The molecule has 0 amide bonds. The quantitative estimate of drug-likeness (QED) is 0.483. The van der Waals surface area contributed by atoms with Crippen LogP contribution in [-0.2, 0) is 10.0 Å². The minimum Gasteiger partial charge on any atom is -0.295 e. The first-order valence-electron chi connectivity index (χ1n) is 11.3. The molecule has 0 bridgehead atoms. The Labute approximate surface area is 190 Å². The average Bonchev–Trinajstić information content (AvgIpc) is 2.73. The third-order valence-electron chi connectivity index (χ3n) is 6.86. The van der Waals surface area contributed by atoms with E-state index in [0.29, 0.717) is 25.9 Å². The van der Waals surface area contributed by atoms with Gasteiger partial charge in [0.2, 0.25) is 10.0 Å². The lowest BCUT2D eigenvalue weighted by molar-refractivity contribution is 0.0165. The maximum absolute atomic E-state index is 13.0. The fourth-order valence-corrected chi connectivity index (χ4v) is 7.15. The van der Waals surface area contributed by atoms with Gasteiger partial charge < -0.3 is 0 Å². The van der Waals surface area contributed by atoms with E-state index in [-0.39, 0.29) is 17.1 Å². The molecule has 2 fully saturated rings. The normalized spacial score (nSPS) is 20.9. The Morgan fingerprint density at radius 1 is 1.10 bits per heavy atom. The van der Waals surface area contributed by atoms with Gasteiger partial charge in [0, 0.05) is 48.2 Å². The van der Waals surface area contributed by atoms with Gasteiger partial charge in [-0.25, -0.2) is 8.42 Å². The maximum atomic E-state index is 13.0. The van der Waals surface area contributed by atoms with Crippen molar-refractivity contribution in [3.63, 3.8) is 0 Å². The molecule has 1 aliphatic carbocycles. The predicted octanol–water partition coefficient (Wildman–Crippen LogP) is 4.78. The monoisotopic (exact) mass is 498 g/mol. The summed E-state index contributed by atoms with van der Waals surface area (Å²) in [4.78, 5) is 15.5. The van der Waals surface area contributed by atoms with Gasteiger partial charge in [-0.2, -0.15) is 4.31 Å². The van der Waals surface area contributed by atoms with Gasteiger partial charge in [0.25, 0.3) is 0 Å². The molecular weight excluding hydrogens is 464 g/mol. The summed E-state index contributed by atoms with van der Waals surface area (Å²) < 4.78 is 27.5. The first-order chi connectivity index (χ1) is 14.3. The van der Waals surface area contributed by atoms with Gasteiger partial charge in [-0.05, 0) is 50.3 Å². The van der Waals surface area contributed by atoms with Crippen LogP contribution in [0.5, 0.6) is 0 Å². The summed E-state index contributed by atoms with van der Waals surface area (Å²) in [6.45, 7) is 6.59. The standard InChI is InChI=1S/C23H35BrN2O3S/c1-3-17-30(28,29)26-15-13-25(14-16-26)23(10-5-4-6-11-23)12-9-22(27)21-8-7-20(24)18-19(21)2/h7-8,18H,3-6,9-17H2,1-2H3. The molecule has 1 heterocycles. The SMILES string of the molecule is CCCS(=O)(=O)N1CCN(C2(CCC(=O)c3ccc(Br)cc3C)CCCCC2)CC1. The van der Waals surface area contributed by atoms with E-state index >= 15 is 0 Å². The lowest BCUT2D eigenvalue weighted by Crippen LogP contribution is -2.58. The van der Waals surface area contributed by atoms with E-state index < -0.39 is 10.0 Å². The Bertz CT molecular complexity index is 842. The van der Waals surface area contributed by atoms with Crippen LogP contribution < -0.4 is 0 Å². The highest BCUT2D eigenvalue weighted by atomic mass is 79.9. The average molecular weight is 500 g/mol. The van der Waals surface area contributed by atoms with Gasteiger partial charge in [0.15, 0.2) is 5.78 Å². The number of aryl methyl sites for hydroxylation is 1. The molecule has 0 unspecified atom stereocenters. The Hall–Kier alpha value is -0.760. The van der Waals surface area contributed by atoms with Crippen molar-refractivity contribution < 1.29 is 13.2 Å². The number of carbonyl (C=O) groups is 1. The Morgan fingerprint density at radius 2 is 1.77 bits per heavy atom. The highest BCUT2D eigenvalue weighted by Gasteiger charge is 2.40. The van der Waals surface area contributed by atoms with Crippen LogP contribution >= 0.6 is 15.9 Å². The van der Waals surface area contributed by atoms with Crippen molar-refractivity contribution in [1.82, 2.24) is 9.21 Å². The summed E-state index contributed by atoms with van der Waals surface area (Å²) in [6, 6.07) is 5.86. The third kappa shape index (κ3) is 5.53. The molecule has 1 aromatic rings. The van der Waals surface area contributed by atoms with E-state index in [1.54, 1.807) is 4.31 Å². The van der Waals surface area contributed by atoms with Crippen LogP contribution in [0.25, 0.3) is 0 Å². The van der Waals surface area contributed by atoms with Crippen LogP contribution in [0.4, 0.5) is 0 Å². The van der Waals surface area contributed by atoms with Crippen molar-refractivity contribution in [2.75, 3.05) is 31.9 Å². The van der Waals surface area contributed by atoms with Crippen LogP contribution in [0.3, 0.4) is 0 Å². The summed E-state index contributed by atoms with van der Waals surface area (Å²) in [5.41, 5.74) is 1.87. The van der Waals surface area contributed by atoms with E-state index in [4.69, 9.17) is 0 Å². The van der Waals surface area contributed by atoms with Crippen molar-refractivity contribution in [2.24, 2.45) is 0 Å². The van der Waals surface area contributed by atoms with Crippen molar-refractivity contribution in [3.8, 4) is 0 Å². The zero-order chi connectivity index (χ0) is 21.8. The summed E-state index contributed by atoms with van der Waals surface area (Å²) in [5, 5.41) is 0. The minimum atomic E-state index is -3.13. The lowest BCUT2D eigenvalue weighted by atomic mass is 9.76. The van der Waals surface area contributed by atoms with Gasteiger partial charge in [-0.1, -0.05) is 48.2 Å². The molecule has 2 aliphatic rings. The second kappa shape index (κ2) is 10.2. The zero-order valence-electron chi connectivity index (χ0n) is 18.3. The van der Waals surface area contributed by atoms with Crippen molar-refractivity contribution in [2.45, 2.75) is 70.8 Å². The van der Waals surface area contributed by atoms with Gasteiger partial charge in [0.05, 0.1) is 5.75 Å². The fraction of sp³-hybridized carbons (Fsp3) is 0.696. The molecule has 30 heavy (non-hydrogen) atoms. The number of halogens is 1. The number of rotatable bonds is 8. The summed E-state index contributed by atoms with van der Waals surface area (Å²) in [5.74, 6) is 0.452. The summed E-state index contributed by atoms with van der Waals surface area (Å²) >= 11 is 3.47. The van der Waals surface area contributed by atoms with Crippen LogP contribution in [0.2, 0.25) is 0 Å². The first-order valence-corrected chi connectivity index (χ1v) is 13.7. The molecule has 1 aromatic carbocycles. The van der Waals surface area contributed by atoms with Crippen molar-refractivity contribution in [1.29, 1.82) is 0 Å². The third-order valence-corrected chi connectivity index (χ3v) is 9.42. The number of Topliss-reactive ketones (excluding diaryl/α,β-unsaturated/α-hetero) is 1. The van der Waals surface area contributed by atoms with Crippen LogP contribution in [-0.4, -0.2) is 60.9 Å². The summed E-state index contributed by atoms with van der Waals surface area (Å²) in [7, 11) is -3.13. The predicted molar refractivity (Wildman–Crippen MR) is 125 cm³/mol. The smallest absolute Gasteiger partial charge is 0.214 e. The molecule has 7 heteroatoms. The second-order valence-corrected chi connectivity index (χ2v) is 11.9. The highest BCUT2D eigenvalue weighted by molar-refractivity contribution is 9.10. The Morgan fingerprint density at radius 3 is 2.37 bits per heavy atom. The molecule has 1 saturated carbocycles. The molecule has 0 radical (unpaired) electrons. The second-order valence-electron chi connectivity index (χ2n) is 8.87. The van der Waals surface area contributed by atoms with Crippen LogP contribution in [0.1, 0.15) is 74.2 Å². The molecule has 1 saturated heterocycles. The number of sulfonamides is 1. The van der Waals surface area contributed by atoms with Gasteiger partial charge >= 0.3 is 0 Å². The number of hydrogen-bond donors (Lipinski definition) is 0. The Balaban J connectivity index is 1.67. The largest absolute Gasteiger partial charge is 0.295 e. The molecule has 0 atom stereocenters. The van der Waals surface area contributed by atoms with Gasteiger partial charge in [-0.3, -0.25) is 9.69 Å². The minimum absolute atomic E-state index is 0.0395. The molecule has 0 aromatic heterocycles. The molecule has 0 N–H and O–H groups in total. The first kappa shape index (κ1) is 23.9. The van der Waals surface area contributed by atoms with Crippen molar-refractivity contribution in [3.05, 3.63) is 33.8 Å². The van der Waals surface area contributed by atoms with Crippen LogP contribution in [0, 0.1) is 6.92 Å². The number of benzene rings is 1. The summed E-state index contributed by atoms with van der Waals surface area (Å²) in [6.07, 6.45) is 7.94. The van der Waals surface area contributed by atoms with Gasteiger partial charge in [-0.15, -0.1) is 0 Å². The van der Waals surface area contributed by atoms with E-state index in [1.165, 1.54) is 19.3 Å². The fourth-order valence-electron chi connectivity index (χ4n) is 5.18. The van der Waals surface area contributed by atoms with Crippen LogP contribution in [0.15, 0.2) is 22.7 Å². The van der Waals surface area contributed by atoms with E-state index in [1.807, 2.05) is 32.0 Å². The van der Waals surface area contributed by atoms with Gasteiger partial charge in [0.1, 0.15) is 0 Å². The van der Waals surface area contributed by atoms with E-state index in [0.717, 1.165) is 48.0 Å². The molecule has 0 spiro atoms. The molecule has 5 nitrogen and oxygen atoms in total. The maximum Gasteiger partial charge on any atom is 0.214 e. The molecule has 168 valence electrons. The highest BCUT2D eigenvalue weighted by Crippen LogP contribution is 2.38. The van der Waals surface area contributed by atoms with E-state index in [2.05, 4.69) is 20.8 Å². The van der Waals surface area contributed by atoms with Crippen molar-refractivity contribution >= 4 is 31.7 Å². The number of hydrogen-bond acceptors (Lipinski definition) is 4. The van der Waals surface area contributed by atoms with E-state index in [9.17, 15) is 13.2 Å². The number of nitrogens with zero attached hydrogens (tertiary/aromatic N) is 2. The topological polar surface area (TPSA) is 57.7 Å². The molecular formula is C23H35BrN2O3S. The number of ketones is 1. The lowest BCUT2D eigenvalue weighted by Gasteiger charge is -2.50. The zero-order valence-corrected chi connectivity index (χ0v) is 20.7. The number of piperazine rings is 1. The molecule has 1 aliphatic heterocycles. The number of carbonyl (C=O) groups excluding carboxylic acids is 1. The molecule has 3 rings (SSSR count).